The Hall–Kier alpha value is -1.13. The fraction of sp³-hybridized carbons (Fsp3) is 0.357. The van der Waals surface area contributed by atoms with Crippen molar-refractivity contribution in [2.45, 2.75) is 31.1 Å². The van der Waals surface area contributed by atoms with Gasteiger partial charge in [-0.05, 0) is 24.5 Å². The second-order valence-electron chi connectivity index (χ2n) is 5.32. The first-order chi connectivity index (χ1) is 8.41. The molecular weight excluding hydrogens is 278 g/mol. The zero-order valence-electron chi connectivity index (χ0n) is 11.7. The molecule has 104 valence electrons. The van der Waals surface area contributed by atoms with Gasteiger partial charge in [-0.15, -0.1) is 24.2 Å². The van der Waals surface area contributed by atoms with Gasteiger partial charge in [0.1, 0.15) is 5.82 Å². The highest BCUT2D eigenvalue weighted by molar-refractivity contribution is 7.98. The zero-order chi connectivity index (χ0) is 13.3. The molecule has 1 aromatic heterocycles. The smallest absolute Gasteiger partial charge is 0.127 e. The molecule has 0 unspecified atom stereocenters. The van der Waals surface area contributed by atoms with Crippen molar-refractivity contribution < 1.29 is 0 Å². The second-order valence-corrected chi connectivity index (χ2v) is 6.20. The van der Waals surface area contributed by atoms with Gasteiger partial charge in [-0.3, -0.25) is 0 Å². The fourth-order valence-electron chi connectivity index (χ4n) is 1.71. The molecule has 19 heavy (non-hydrogen) atoms. The topological polar surface area (TPSA) is 43.8 Å². The number of aromatic nitrogens is 2. The number of anilines is 1. The minimum absolute atomic E-state index is 0. The first kappa shape index (κ1) is 15.9. The number of hydrogen-bond donors (Lipinski definition) is 1. The van der Waals surface area contributed by atoms with Gasteiger partial charge >= 0.3 is 0 Å². The molecule has 0 bridgehead atoms. The summed E-state index contributed by atoms with van der Waals surface area (Å²) in [6, 6.07) is 10.2. The molecule has 2 rings (SSSR count). The Bertz CT molecular complexity index is 558. The number of rotatable bonds is 2. The van der Waals surface area contributed by atoms with E-state index in [0.29, 0.717) is 5.82 Å². The monoisotopic (exact) mass is 297 g/mol. The molecule has 0 radical (unpaired) electrons. The normalized spacial score (nSPS) is 11.2. The van der Waals surface area contributed by atoms with Crippen molar-refractivity contribution in [3.63, 3.8) is 0 Å². The molecule has 3 nitrogen and oxygen atoms in total. The van der Waals surface area contributed by atoms with Crippen LogP contribution >= 0.6 is 24.2 Å². The standard InChI is InChI=1S/C14H19N3S.ClH/c1-14(2,3)12-9-13(15)17(16-12)10-6-5-7-11(8-10)18-4;/h5-9H,15H2,1-4H3;1H. The SMILES string of the molecule is CSc1cccc(-n2nc(C(C)(C)C)cc2N)c1.Cl. The van der Waals surface area contributed by atoms with E-state index in [2.05, 4.69) is 44.3 Å². The number of halogens is 1. The summed E-state index contributed by atoms with van der Waals surface area (Å²) in [7, 11) is 0. The zero-order valence-corrected chi connectivity index (χ0v) is 13.3. The highest BCUT2D eigenvalue weighted by atomic mass is 35.5. The van der Waals surface area contributed by atoms with Gasteiger partial charge in [0.15, 0.2) is 0 Å². The average Bonchev–Trinajstić information content (AvgIpc) is 2.71. The summed E-state index contributed by atoms with van der Waals surface area (Å²) in [4.78, 5) is 1.21. The van der Waals surface area contributed by atoms with E-state index in [1.165, 1.54) is 4.90 Å². The molecule has 0 fully saturated rings. The maximum Gasteiger partial charge on any atom is 0.127 e. The summed E-state index contributed by atoms with van der Waals surface area (Å²) in [6.07, 6.45) is 2.06. The molecule has 0 aliphatic rings. The Labute approximate surface area is 125 Å². The maximum absolute atomic E-state index is 6.06. The van der Waals surface area contributed by atoms with Crippen LogP contribution in [0.1, 0.15) is 26.5 Å². The quantitative estimate of drug-likeness (QED) is 0.855. The van der Waals surface area contributed by atoms with E-state index in [-0.39, 0.29) is 17.8 Å². The van der Waals surface area contributed by atoms with E-state index >= 15 is 0 Å². The lowest BCUT2D eigenvalue weighted by molar-refractivity contribution is 0.560. The lowest BCUT2D eigenvalue weighted by atomic mass is 9.92. The van der Waals surface area contributed by atoms with Crippen molar-refractivity contribution >= 4 is 30.0 Å². The van der Waals surface area contributed by atoms with Crippen LogP contribution < -0.4 is 5.73 Å². The fourth-order valence-corrected chi connectivity index (χ4v) is 2.16. The first-order valence-corrected chi connectivity index (χ1v) is 7.15. The Morgan fingerprint density at radius 2 is 1.89 bits per heavy atom. The maximum atomic E-state index is 6.06. The molecule has 0 saturated heterocycles. The summed E-state index contributed by atoms with van der Waals surface area (Å²) >= 11 is 1.71. The van der Waals surface area contributed by atoms with E-state index in [4.69, 9.17) is 5.73 Å². The van der Waals surface area contributed by atoms with Gasteiger partial charge in [0.05, 0.1) is 11.4 Å². The lowest BCUT2D eigenvalue weighted by Crippen LogP contribution is -2.12. The van der Waals surface area contributed by atoms with E-state index in [1.54, 1.807) is 16.4 Å². The number of nitrogen functional groups attached to an aromatic ring is 1. The first-order valence-electron chi connectivity index (χ1n) is 5.92. The molecule has 1 heterocycles. The molecule has 0 saturated carbocycles. The van der Waals surface area contributed by atoms with E-state index < -0.39 is 0 Å². The highest BCUT2D eigenvalue weighted by Crippen LogP contribution is 2.26. The Morgan fingerprint density at radius 3 is 2.42 bits per heavy atom. The van der Waals surface area contributed by atoms with Gasteiger partial charge in [-0.2, -0.15) is 5.10 Å². The van der Waals surface area contributed by atoms with Gasteiger partial charge in [0.25, 0.3) is 0 Å². The third-order valence-corrected chi connectivity index (χ3v) is 3.53. The molecule has 5 heteroatoms. The van der Waals surface area contributed by atoms with Gasteiger partial charge < -0.3 is 5.73 Å². The molecule has 0 aliphatic carbocycles. The van der Waals surface area contributed by atoms with Crippen molar-refractivity contribution in [1.82, 2.24) is 9.78 Å². The molecule has 0 aliphatic heterocycles. The Morgan fingerprint density at radius 1 is 1.21 bits per heavy atom. The molecule has 2 aromatic rings. The van der Waals surface area contributed by atoms with Crippen molar-refractivity contribution in [2.75, 3.05) is 12.0 Å². The highest BCUT2D eigenvalue weighted by Gasteiger charge is 2.19. The summed E-state index contributed by atoms with van der Waals surface area (Å²) in [5, 5.41) is 4.61. The summed E-state index contributed by atoms with van der Waals surface area (Å²) < 4.78 is 1.81. The number of nitrogens with zero attached hydrogens (tertiary/aromatic N) is 2. The van der Waals surface area contributed by atoms with Crippen LogP contribution in [0.3, 0.4) is 0 Å². The van der Waals surface area contributed by atoms with Gasteiger partial charge in [-0.1, -0.05) is 26.8 Å². The van der Waals surface area contributed by atoms with Gasteiger partial charge in [0.2, 0.25) is 0 Å². The summed E-state index contributed by atoms with van der Waals surface area (Å²) in [5.74, 6) is 0.679. The third kappa shape index (κ3) is 3.45. The average molecular weight is 298 g/mol. The third-order valence-electron chi connectivity index (χ3n) is 2.80. The largest absolute Gasteiger partial charge is 0.384 e. The molecule has 0 atom stereocenters. The van der Waals surface area contributed by atoms with E-state index in [1.807, 2.05) is 18.2 Å². The minimum Gasteiger partial charge on any atom is -0.384 e. The van der Waals surface area contributed by atoms with Crippen LogP contribution in [0.5, 0.6) is 0 Å². The van der Waals surface area contributed by atoms with Crippen LogP contribution in [0.2, 0.25) is 0 Å². The number of thioether (sulfide) groups is 1. The predicted molar refractivity (Wildman–Crippen MR) is 85.7 cm³/mol. The van der Waals surface area contributed by atoms with Gasteiger partial charge in [-0.25, -0.2) is 4.68 Å². The predicted octanol–water partition coefficient (Wildman–Crippen LogP) is 3.90. The summed E-state index contributed by atoms with van der Waals surface area (Å²) in [6.45, 7) is 6.41. The van der Waals surface area contributed by atoms with Crippen molar-refractivity contribution in [1.29, 1.82) is 0 Å². The van der Waals surface area contributed by atoms with Crippen molar-refractivity contribution in [2.24, 2.45) is 0 Å². The lowest BCUT2D eigenvalue weighted by Gasteiger charge is -2.14. The van der Waals surface area contributed by atoms with E-state index in [0.717, 1.165) is 11.4 Å². The Balaban J connectivity index is 0.00000180. The van der Waals surface area contributed by atoms with Crippen LogP contribution in [0.25, 0.3) is 5.69 Å². The van der Waals surface area contributed by atoms with Crippen LogP contribution in [0.15, 0.2) is 35.2 Å². The van der Waals surface area contributed by atoms with Crippen LogP contribution in [0, 0.1) is 0 Å². The molecule has 0 amide bonds. The second kappa shape index (κ2) is 5.88. The Kier molecular flexibility index (Phi) is 4.93. The summed E-state index contributed by atoms with van der Waals surface area (Å²) in [5.41, 5.74) is 8.08. The molecular formula is C14H20ClN3S. The van der Waals surface area contributed by atoms with E-state index in [9.17, 15) is 0 Å². The minimum atomic E-state index is 0. The molecule has 0 spiro atoms. The number of benzene rings is 1. The number of hydrogen-bond acceptors (Lipinski definition) is 3. The molecule has 1 aromatic carbocycles. The van der Waals surface area contributed by atoms with Crippen molar-refractivity contribution in [3.05, 3.63) is 36.0 Å². The van der Waals surface area contributed by atoms with Crippen molar-refractivity contribution in [3.8, 4) is 5.69 Å². The van der Waals surface area contributed by atoms with Crippen LogP contribution in [-0.4, -0.2) is 16.0 Å². The van der Waals surface area contributed by atoms with Gasteiger partial charge in [0, 0.05) is 16.4 Å². The molecule has 2 N–H and O–H groups in total. The number of nitrogens with two attached hydrogens (primary N) is 1. The van der Waals surface area contributed by atoms with Crippen LogP contribution in [0.4, 0.5) is 5.82 Å². The van der Waals surface area contributed by atoms with Crippen LogP contribution in [-0.2, 0) is 5.41 Å².